The first-order valence-electron chi connectivity index (χ1n) is 4.59. The van der Waals surface area contributed by atoms with E-state index in [2.05, 4.69) is 6.58 Å². The molecule has 0 bridgehead atoms. The van der Waals surface area contributed by atoms with E-state index in [1.54, 1.807) is 6.08 Å². The molecule has 0 saturated heterocycles. The Labute approximate surface area is 79.7 Å². The third-order valence-corrected chi connectivity index (χ3v) is 2.31. The van der Waals surface area contributed by atoms with Crippen LogP contribution in [-0.2, 0) is 0 Å². The van der Waals surface area contributed by atoms with Gasteiger partial charge in [0.2, 0.25) is 0 Å². The number of benzene rings is 1. The molecular formula is C12H16O. The highest BCUT2D eigenvalue weighted by Gasteiger charge is 2.13. The third kappa shape index (κ3) is 2.71. The minimum atomic E-state index is -0.320. The number of hydrogen-bond acceptors (Lipinski definition) is 1. The van der Waals surface area contributed by atoms with E-state index >= 15 is 0 Å². The summed E-state index contributed by atoms with van der Waals surface area (Å²) in [5, 5.41) is 9.70. The highest BCUT2D eigenvalue weighted by molar-refractivity contribution is 5.19. The van der Waals surface area contributed by atoms with E-state index < -0.39 is 0 Å². The Hall–Kier alpha value is -1.08. The molecule has 0 heterocycles. The number of aliphatic hydroxyl groups excluding tert-OH is 1. The number of aliphatic hydroxyl groups is 1. The first kappa shape index (κ1) is 10.0. The van der Waals surface area contributed by atoms with E-state index in [0.29, 0.717) is 6.42 Å². The molecule has 0 aliphatic rings. The van der Waals surface area contributed by atoms with Gasteiger partial charge in [-0.3, -0.25) is 0 Å². The lowest BCUT2D eigenvalue weighted by Crippen LogP contribution is -2.14. The molecule has 0 saturated carbocycles. The van der Waals surface area contributed by atoms with Crippen LogP contribution in [0.2, 0.25) is 0 Å². The summed E-state index contributed by atoms with van der Waals surface area (Å²) in [6.45, 7) is 5.65. The van der Waals surface area contributed by atoms with Crippen molar-refractivity contribution < 1.29 is 5.11 Å². The number of hydrogen-bond donors (Lipinski definition) is 1. The van der Waals surface area contributed by atoms with Crippen molar-refractivity contribution >= 4 is 0 Å². The standard InChI is InChI=1S/C12H16O/c1-3-7-12(13)10(2)11-8-5-4-6-9-11/h3-6,8-10,12-13H,1,7H2,2H3/t10-,12-/m0/s1. The Bertz CT molecular complexity index is 253. The van der Waals surface area contributed by atoms with Gasteiger partial charge in [-0.2, -0.15) is 0 Å². The average Bonchev–Trinajstić information content (AvgIpc) is 2.18. The van der Waals surface area contributed by atoms with E-state index in [4.69, 9.17) is 0 Å². The van der Waals surface area contributed by atoms with Crippen LogP contribution in [0, 0.1) is 0 Å². The highest BCUT2D eigenvalue weighted by atomic mass is 16.3. The monoisotopic (exact) mass is 176 g/mol. The molecule has 0 unspecified atom stereocenters. The number of rotatable bonds is 4. The van der Waals surface area contributed by atoms with Crippen LogP contribution in [0.15, 0.2) is 43.0 Å². The predicted molar refractivity (Wildman–Crippen MR) is 55.7 cm³/mol. The molecule has 70 valence electrons. The molecule has 1 nitrogen and oxygen atoms in total. The van der Waals surface area contributed by atoms with E-state index in [9.17, 15) is 5.11 Å². The largest absolute Gasteiger partial charge is 0.392 e. The van der Waals surface area contributed by atoms with Gasteiger partial charge in [0.05, 0.1) is 6.10 Å². The smallest absolute Gasteiger partial charge is 0.0640 e. The Morgan fingerprint density at radius 1 is 1.38 bits per heavy atom. The second kappa shape index (κ2) is 4.83. The predicted octanol–water partition coefficient (Wildman–Crippen LogP) is 2.73. The lowest BCUT2D eigenvalue weighted by Gasteiger charge is -2.17. The Kier molecular flexibility index (Phi) is 3.71. The second-order valence-electron chi connectivity index (χ2n) is 3.29. The van der Waals surface area contributed by atoms with Gasteiger partial charge in [0.1, 0.15) is 0 Å². The Morgan fingerprint density at radius 3 is 2.54 bits per heavy atom. The Balaban J connectivity index is 2.67. The fourth-order valence-corrected chi connectivity index (χ4v) is 1.35. The van der Waals surface area contributed by atoms with Crippen molar-refractivity contribution in [2.75, 3.05) is 0 Å². The normalized spacial score (nSPS) is 14.9. The lowest BCUT2D eigenvalue weighted by atomic mass is 9.94. The minimum Gasteiger partial charge on any atom is -0.392 e. The topological polar surface area (TPSA) is 20.2 Å². The first-order chi connectivity index (χ1) is 6.25. The van der Waals surface area contributed by atoms with Crippen molar-refractivity contribution in [1.29, 1.82) is 0 Å². The summed E-state index contributed by atoms with van der Waals surface area (Å²) >= 11 is 0. The fraction of sp³-hybridized carbons (Fsp3) is 0.333. The van der Waals surface area contributed by atoms with Crippen molar-refractivity contribution in [2.24, 2.45) is 0 Å². The quantitative estimate of drug-likeness (QED) is 0.699. The van der Waals surface area contributed by atoms with Crippen LogP contribution in [0.3, 0.4) is 0 Å². The van der Waals surface area contributed by atoms with Gasteiger partial charge in [0.25, 0.3) is 0 Å². The van der Waals surface area contributed by atoms with Crippen LogP contribution in [0.5, 0.6) is 0 Å². The van der Waals surface area contributed by atoms with Crippen molar-refractivity contribution in [3.8, 4) is 0 Å². The summed E-state index contributed by atoms with van der Waals surface area (Å²) in [6.07, 6.45) is 2.08. The first-order valence-corrected chi connectivity index (χ1v) is 4.59. The zero-order valence-corrected chi connectivity index (χ0v) is 7.98. The minimum absolute atomic E-state index is 0.180. The average molecular weight is 176 g/mol. The van der Waals surface area contributed by atoms with Gasteiger partial charge in [-0.25, -0.2) is 0 Å². The summed E-state index contributed by atoms with van der Waals surface area (Å²) in [4.78, 5) is 0. The third-order valence-electron chi connectivity index (χ3n) is 2.31. The summed E-state index contributed by atoms with van der Waals surface area (Å²) < 4.78 is 0. The van der Waals surface area contributed by atoms with Crippen molar-refractivity contribution in [1.82, 2.24) is 0 Å². The van der Waals surface area contributed by atoms with Crippen LogP contribution in [-0.4, -0.2) is 11.2 Å². The molecule has 1 heteroatoms. The summed E-state index contributed by atoms with van der Waals surface area (Å²) in [7, 11) is 0. The molecule has 0 fully saturated rings. The van der Waals surface area contributed by atoms with E-state index in [1.807, 2.05) is 37.3 Å². The van der Waals surface area contributed by atoms with Crippen LogP contribution < -0.4 is 0 Å². The van der Waals surface area contributed by atoms with Gasteiger partial charge in [-0.1, -0.05) is 43.3 Å². The molecular weight excluding hydrogens is 160 g/mol. The molecule has 0 radical (unpaired) electrons. The van der Waals surface area contributed by atoms with Crippen molar-refractivity contribution in [2.45, 2.75) is 25.4 Å². The highest BCUT2D eigenvalue weighted by Crippen LogP contribution is 2.20. The van der Waals surface area contributed by atoms with Gasteiger partial charge in [0.15, 0.2) is 0 Å². The van der Waals surface area contributed by atoms with Crippen LogP contribution in [0.1, 0.15) is 24.8 Å². The fourth-order valence-electron chi connectivity index (χ4n) is 1.35. The van der Waals surface area contributed by atoms with Gasteiger partial charge >= 0.3 is 0 Å². The van der Waals surface area contributed by atoms with Crippen LogP contribution in [0.4, 0.5) is 0 Å². The molecule has 0 aliphatic carbocycles. The van der Waals surface area contributed by atoms with Crippen molar-refractivity contribution in [3.63, 3.8) is 0 Å². The lowest BCUT2D eigenvalue weighted by molar-refractivity contribution is 0.152. The summed E-state index contributed by atoms with van der Waals surface area (Å²) in [5.41, 5.74) is 1.18. The molecule has 0 aromatic heterocycles. The second-order valence-corrected chi connectivity index (χ2v) is 3.29. The molecule has 0 amide bonds. The molecule has 1 N–H and O–H groups in total. The van der Waals surface area contributed by atoms with E-state index in [0.717, 1.165) is 0 Å². The molecule has 13 heavy (non-hydrogen) atoms. The van der Waals surface area contributed by atoms with E-state index in [-0.39, 0.29) is 12.0 Å². The van der Waals surface area contributed by atoms with Gasteiger partial charge < -0.3 is 5.11 Å². The van der Waals surface area contributed by atoms with Crippen LogP contribution in [0.25, 0.3) is 0 Å². The Morgan fingerprint density at radius 2 is 2.00 bits per heavy atom. The molecule has 1 aromatic rings. The maximum atomic E-state index is 9.70. The van der Waals surface area contributed by atoms with E-state index in [1.165, 1.54) is 5.56 Å². The maximum Gasteiger partial charge on any atom is 0.0640 e. The van der Waals surface area contributed by atoms with Gasteiger partial charge in [0, 0.05) is 5.92 Å². The van der Waals surface area contributed by atoms with Gasteiger partial charge in [-0.05, 0) is 12.0 Å². The molecule has 2 atom stereocenters. The summed E-state index contributed by atoms with van der Waals surface area (Å²) in [5.74, 6) is 0.180. The molecule has 1 aromatic carbocycles. The SMILES string of the molecule is C=CC[C@H](O)[C@@H](C)c1ccccc1. The molecule has 1 rings (SSSR count). The summed E-state index contributed by atoms with van der Waals surface area (Å²) in [6, 6.07) is 10.0. The zero-order chi connectivity index (χ0) is 9.68. The van der Waals surface area contributed by atoms with Crippen LogP contribution >= 0.6 is 0 Å². The van der Waals surface area contributed by atoms with Gasteiger partial charge in [-0.15, -0.1) is 6.58 Å². The molecule has 0 aliphatic heterocycles. The van der Waals surface area contributed by atoms with Crippen molar-refractivity contribution in [3.05, 3.63) is 48.6 Å². The maximum absolute atomic E-state index is 9.70. The zero-order valence-electron chi connectivity index (χ0n) is 7.98. The molecule has 0 spiro atoms.